The summed E-state index contributed by atoms with van der Waals surface area (Å²) in [7, 11) is -0.607. The quantitative estimate of drug-likeness (QED) is 0.786. The van der Waals surface area contributed by atoms with Crippen molar-refractivity contribution in [2.75, 3.05) is 24.2 Å². The lowest BCUT2D eigenvalue weighted by Gasteiger charge is -2.17. The smallest absolute Gasteiger partial charge is 0.248 e. The third kappa shape index (κ3) is 2.64. The van der Waals surface area contributed by atoms with Gasteiger partial charge in [-0.25, -0.2) is 8.42 Å². The molecule has 0 heterocycles. The highest BCUT2D eigenvalue weighted by Crippen LogP contribution is 2.20. The lowest BCUT2D eigenvalue weighted by molar-refractivity contribution is 0.415. The molecule has 1 aromatic carbocycles. The van der Waals surface area contributed by atoms with E-state index in [-0.39, 0.29) is 0 Å². The fraction of sp³-hybridized carbons (Fsp3) is 0.300. The van der Waals surface area contributed by atoms with E-state index in [9.17, 15) is 8.42 Å². The summed E-state index contributed by atoms with van der Waals surface area (Å²) in [5.41, 5.74) is 0.496. The Morgan fingerprint density at radius 1 is 1.38 bits per heavy atom. The minimum atomic E-state index is -3.55. The molecule has 5 nitrogen and oxygen atoms in total. The van der Waals surface area contributed by atoms with Gasteiger partial charge in [0.25, 0.3) is 0 Å². The Balaban J connectivity index is 2.97. The highest BCUT2D eigenvalue weighted by atomic mass is 32.2. The fourth-order valence-corrected chi connectivity index (χ4v) is 1.93. The average molecular weight is 240 g/mol. The van der Waals surface area contributed by atoms with E-state index in [1.54, 1.807) is 30.3 Å². The SMILES string of the molecule is COc1ccc(N(C)S(=O)(=O)CC#N)cc1. The fourth-order valence-electron chi connectivity index (χ4n) is 1.13. The van der Waals surface area contributed by atoms with Crippen LogP contribution in [0.1, 0.15) is 0 Å². The lowest BCUT2D eigenvalue weighted by atomic mass is 10.3. The molecular formula is C10H12N2O3S. The summed E-state index contributed by atoms with van der Waals surface area (Å²) in [5.74, 6) is 0.116. The number of nitriles is 1. The molecule has 86 valence electrons. The molecule has 0 unspecified atom stereocenters. The maximum atomic E-state index is 11.6. The van der Waals surface area contributed by atoms with Gasteiger partial charge in [-0.2, -0.15) is 5.26 Å². The second kappa shape index (κ2) is 4.86. The van der Waals surface area contributed by atoms with Gasteiger partial charge in [0.15, 0.2) is 5.75 Å². The van der Waals surface area contributed by atoms with Crippen LogP contribution in [0.3, 0.4) is 0 Å². The van der Waals surface area contributed by atoms with Crippen LogP contribution in [0.25, 0.3) is 0 Å². The predicted molar refractivity (Wildman–Crippen MR) is 60.8 cm³/mol. The van der Waals surface area contributed by atoms with Crippen molar-refractivity contribution in [3.8, 4) is 11.8 Å². The van der Waals surface area contributed by atoms with Gasteiger partial charge in [-0.05, 0) is 24.3 Å². The van der Waals surface area contributed by atoms with E-state index in [0.29, 0.717) is 11.4 Å². The third-order valence-electron chi connectivity index (χ3n) is 2.10. The van der Waals surface area contributed by atoms with Crippen LogP contribution in [0.15, 0.2) is 24.3 Å². The summed E-state index contributed by atoms with van der Waals surface area (Å²) in [6.07, 6.45) is 0. The Morgan fingerprint density at radius 3 is 2.38 bits per heavy atom. The van der Waals surface area contributed by atoms with Crippen molar-refractivity contribution in [1.82, 2.24) is 0 Å². The number of rotatable bonds is 4. The molecule has 0 aliphatic heterocycles. The zero-order valence-corrected chi connectivity index (χ0v) is 9.86. The molecule has 0 aliphatic rings. The topological polar surface area (TPSA) is 70.4 Å². The summed E-state index contributed by atoms with van der Waals surface area (Å²) >= 11 is 0. The van der Waals surface area contributed by atoms with Crippen LogP contribution in [-0.4, -0.2) is 28.3 Å². The van der Waals surface area contributed by atoms with Crippen LogP contribution in [-0.2, 0) is 10.0 Å². The third-order valence-corrected chi connectivity index (χ3v) is 3.64. The van der Waals surface area contributed by atoms with Gasteiger partial charge in [0.1, 0.15) is 5.75 Å². The Hall–Kier alpha value is -1.74. The van der Waals surface area contributed by atoms with Gasteiger partial charge in [-0.3, -0.25) is 4.31 Å². The molecule has 0 atom stereocenters. The number of hydrogen-bond acceptors (Lipinski definition) is 4. The molecule has 16 heavy (non-hydrogen) atoms. The predicted octanol–water partition coefficient (Wildman–Crippen LogP) is 0.985. The van der Waals surface area contributed by atoms with E-state index >= 15 is 0 Å². The Morgan fingerprint density at radius 2 is 1.94 bits per heavy atom. The molecule has 0 saturated heterocycles. The van der Waals surface area contributed by atoms with Crippen LogP contribution in [0, 0.1) is 11.3 Å². The van der Waals surface area contributed by atoms with Gasteiger partial charge >= 0.3 is 0 Å². The van der Waals surface area contributed by atoms with Crippen molar-refractivity contribution in [2.45, 2.75) is 0 Å². The minimum absolute atomic E-state index is 0.496. The summed E-state index contributed by atoms with van der Waals surface area (Å²) in [5, 5.41) is 8.40. The van der Waals surface area contributed by atoms with Crippen LogP contribution in [0.5, 0.6) is 5.75 Å². The van der Waals surface area contributed by atoms with Crippen molar-refractivity contribution in [2.24, 2.45) is 0 Å². The van der Waals surface area contributed by atoms with Crippen molar-refractivity contribution in [1.29, 1.82) is 5.26 Å². The molecule has 0 aromatic heterocycles. The highest BCUT2D eigenvalue weighted by molar-refractivity contribution is 7.92. The standard InChI is InChI=1S/C10H12N2O3S/c1-12(16(13,14)8-7-11)9-3-5-10(15-2)6-4-9/h3-6H,8H2,1-2H3. The molecule has 0 fully saturated rings. The Bertz CT molecular complexity index is 488. The zero-order chi connectivity index (χ0) is 12.2. The second-order valence-electron chi connectivity index (χ2n) is 3.08. The molecule has 0 amide bonds. The van der Waals surface area contributed by atoms with Gasteiger partial charge in [0, 0.05) is 7.05 Å². The molecule has 6 heteroatoms. The molecule has 1 aromatic rings. The van der Waals surface area contributed by atoms with Crippen LogP contribution >= 0.6 is 0 Å². The van der Waals surface area contributed by atoms with Crippen molar-refractivity contribution in [3.05, 3.63) is 24.3 Å². The molecule has 0 radical (unpaired) electrons. The molecular weight excluding hydrogens is 228 g/mol. The first-order chi connectivity index (χ1) is 7.51. The van der Waals surface area contributed by atoms with Gasteiger partial charge < -0.3 is 4.74 Å². The van der Waals surface area contributed by atoms with E-state index in [2.05, 4.69) is 0 Å². The van der Waals surface area contributed by atoms with Crippen LogP contribution in [0.4, 0.5) is 5.69 Å². The number of nitrogens with zero attached hydrogens (tertiary/aromatic N) is 2. The molecule has 0 aliphatic carbocycles. The number of sulfonamides is 1. The van der Waals surface area contributed by atoms with E-state index in [0.717, 1.165) is 4.31 Å². The van der Waals surface area contributed by atoms with Gasteiger partial charge in [0.2, 0.25) is 10.0 Å². The molecule has 0 spiro atoms. The first-order valence-electron chi connectivity index (χ1n) is 4.49. The number of anilines is 1. The lowest BCUT2D eigenvalue weighted by Crippen LogP contribution is -2.28. The average Bonchev–Trinajstić information content (AvgIpc) is 2.28. The maximum Gasteiger partial charge on any atom is 0.248 e. The molecule has 1 rings (SSSR count). The van der Waals surface area contributed by atoms with Crippen LogP contribution in [0.2, 0.25) is 0 Å². The first kappa shape index (κ1) is 12.3. The minimum Gasteiger partial charge on any atom is -0.497 e. The summed E-state index contributed by atoms with van der Waals surface area (Å²) < 4.78 is 29.2. The number of benzene rings is 1. The van der Waals surface area contributed by atoms with Crippen molar-refractivity contribution in [3.63, 3.8) is 0 Å². The number of ether oxygens (including phenoxy) is 1. The van der Waals surface area contributed by atoms with E-state index in [1.807, 2.05) is 0 Å². The summed E-state index contributed by atoms with van der Waals surface area (Å²) in [6, 6.07) is 8.19. The monoisotopic (exact) mass is 240 g/mol. The van der Waals surface area contributed by atoms with E-state index < -0.39 is 15.8 Å². The molecule has 0 N–H and O–H groups in total. The van der Waals surface area contributed by atoms with E-state index in [4.69, 9.17) is 10.00 Å². The Kier molecular flexibility index (Phi) is 3.74. The largest absolute Gasteiger partial charge is 0.497 e. The van der Waals surface area contributed by atoms with E-state index in [1.165, 1.54) is 14.2 Å². The van der Waals surface area contributed by atoms with Crippen molar-refractivity contribution < 1.29 is 13.2 Å². The second-order valence-corrected chi connectivity index (χ2v) is 5.08. The van der Waals surface area contributed by atoms with Crippen molar-refractivity contribution >= 4 is 15.7 Å². The van der Waals surface area contributed by atoms with Crippen LogP contribution < -0.4 is 9.04 Å². The number of hydrogen-bond donors (Lipinski definition) is 0. The van der Waals surface area contributed by atoms with Gasteiger partial charge in [-0.15, -0.1) is 0 Å². The Labute approximate surface area is 94.9 Å². The molecule has 0 saturated carbocycles. The maximum absolute atomic E-state index is 11.6. The molecule has 0 bridgehead atoms. The zero-order valence-electron chi connectivity index (χ0n) is 9.04. The summed E-state index contributed by atoms with van der Waals surface area (Å²) in [4.78, 5) is 0. The number of methoxy groups -OCH3 is 1. The van der Waals surface area contributed by atoms with Gasteiger partial charge in [-0.1, -0.05) is 0 Å². The highest BCUT2D eigenvalue weighted by Gasteiger charge is 2.17. The first-order valence-corrected chi connectivity index (χ1v) is 6.10. The van der Waals surface area contributed by atoms with Gasteiger partial charge in [0.05, 0.1) is 18.9 Å². The normalized spacial score (nSPS) is 10.6. The summed E-state index contributed by atoms with van der Waals surface area (Å²) in [6.45, 7) is 0.